The number of hydrogen-bond donors (Lipinski definition) is 1. The van der Waals surface area contributed by atoms with Gasteiger partial charge in [0, 0.05) is 23.6 Å². The summed E-state index contributed by atoms with van der Waals surface area (Å²) in [6.07, 6.45) is 1.77. The van der Waals surface area contributed by atoms with Crippen molar-refractivity contribution >= 4 is 16.8 Å². The molecule has 4 heteroatoms. The fourth-order valence-electron chi connectivity index (χ4n) is 3.50. The SMILES string of the molecule is Cc1cc(C)c2[nH]c(C(=O)N(Cc3ccccn3)CC(C)C)c(C)c2c1. The average Bonchev–Trinajstić information content (AvgIpc) is 2.91. The summed E-state index contributed by atoms with van der Waals surface area (Å²) in [5, 5.41) is 1.13. The van der Waals surface area contributed by atoms with Crippen molar-refractivity contribution in [2.75, 3.05) is 6.54 Å². The normalized spacial score (nSPS) is 11.3. The first-order valence-electron chi connectivity index (χ1n) is 9.15. The minimum absolute atomic E-state index is 0.0371. The largest absolute Gasteiger partial charge is 0.350 e. The van der Waals surface area contributed by atoms with Gasteiger partial charge in [-0.25, -0.2) is 0 Å². The van der Waals surface area contributed by atoms with E-state index in [1.807, 2.05) is 30.0 Å². The van der Waals surface area contributed by atoms with Crippen molar-refractivity contribution in [3.8, 4) is 0 Å². The first-order valence-corrected chi connectivity index (χ1v) is 9.15. The number of aromatic amines is 1. The van der Waals surface area contributed by atoms with Gasteiger partial charge in [-0.05, 0) is 56.0 Å². The quantitative estimate of drug-likeness (QED) is 0.720. The minimum Gasteiger partial charge on any atom is -0.350 e. The second-order valence-corrected chi connectivity index (χ2v) is 7.53. The lowest BCUT2D eigenvalue weighted by Gasteiger charge is -2.24. The van der Waals surface area contributed by atoms with Gasteiger partial charge in [0.25, 0.3) is 5.91 Å². The van der Waals surface area contributed by atoms with E-state index in [1.165, 1.54) is 11.1 Å². The summed E-state index contributed by atoms with van der Waals surface area (Å²) in [5.74, 6) is 0.423. The van der Waals surface area contributed by atoms with Crippen LogP contribution < -0.4 is 0 Å². The molecule has 3 rings (SSSR count). The third kappa shape index (κ3) is 3.64. The molecule has 2 heterocycles. The van der Waals surface area contributed by atoms with Crippen molar-refractivity contribution in [2.24, 2.45) is 5.92 Å². The van der Waals surface area contributed by atoms with Gasteiger partial charge in [0.15, 0.2) is 0 Å². The molecular formula is C22H27N3O. The number of nitrogens with one attached hydrogen (secondary N) is 1. The van der Waals surface area contributed by atoms with Gasteiger partial charge in [0.2, 0.25) is 0 Å². The van der Waals surface area contributed by atoms with Gasteiger partial charge in [0.05, 0.1) is 12.2 Å². The summed E-state index contributed by atoms with van der Waals surface area (Å²) in [7, 11) is 0. The Morgan fingerprint density at radius 1 is 1.19 bits per heavy atom. The van der Waals surface area contributed by atoms with Gasteiger partial charge in [-0.2, -0.15) is 0 Å². The first kappa shape index (κ1) is 18.2. The van der Waals surface area contributed by atoms with Gasteiger partial charge in [0.1, 0.15) is 5.69 Å². The van der Waals surface area contributed by atoms with E-state index in [-0.39, 0.29) is 5.91 Å². The predicted molar refractivity (Wildman–Crippen MR) is 106 cm³/mol. The summed E-state index contributed by atoms with van der Waals surface area (Å²) in [6, 6.07) is 10.1. The lowest BCUT2D eigenvalue weighted by Crippen LogP contribution is -2.34. The molecule has 0 saturated carbocycles. The van der Waals surface area contributed by atoms with Crippen LogP contribution in [0.25, 0.3) is 10.9 Å². The molecule has 2 aromatic heterocycles. The zero-order valence-electron chi connectivity index (χ0n) is 16.3. The lowest BCUT2D eigenvalue weighted by molar-refractivity contribution is 0.0714. The Hall–Kier alpha value is -2.62. The number of hydrogen-bond acceptors (Lipinski definition) is 2. The number of aryl methyl sites for hydroxylation is 3. The molecule has 4 nitrogen and oxygen atoms in total. The highest BCUT2D eigenvalue weighted by atomic mass is 16.2. The number of pyridine rings is 1. The Kier molecular flexibility index (Phi) is 5.12. The molecule has 0 radical (unpaired) electrons. The molecule has 0 atom stereocenters. The zero-order chi connectivity index (χ0) is 18.8. The predicted octanol–water partition coefficient (Wildman–Crippen LogP) is 4.79. The number of aromatic nitrogens is 2. The Morgan fingerprint density at radius 3 is 2.62 bits per heavy atom. The monoisotopic (exact) mass is 349 g/mol. The molecule has 26 heavy (non-hydrogen) atoms. The molecule has 136 valence electrons. The molecule has 3 aromatic rings. The van der Waals surface area contributed by atoms with Crippen molar-refractivity contribution < 1.29 is 4.79 Å². The number of benzene rings is 1. The molecule has 0 spiro atoms. The van der Waals surface area contributed by atoms with Crippen LogP contribution in [0.1, 0.15) is 46.7 Å². The van der Waals surface area contributed by atoms with Crippen molar-refractivity contribution in [3.05, 3.63) is 64.6 Å². The standard InChI is InChI=1S/C22H27N3O/c1-14(2)12-25(13-18-8-6-7-9-23-18)22(26)21-17(5)19-11-15(3)10-16(4)20(19)24-21/h6-11,14,24H,12-13H2,1-5H3. The summed E-state index contributed by atoms with van der Waals surface area (Å²) in [5.41, 5.74) is 6.05. The maximum absolute atomic E-state index is 13.3. The highest BCUT2D eigenvalue weighted by Crippen LogP contribution is 2.27. The van der Waals surface area contributed by atoms with E-state index in [0.29, 0.717) is 24.7 Å². The maximum Gasteiger partial charge on any atom is 0.270 e. The van der Waals surface area contributed by atoms with E-state index in [4.69, 9.17) is 0 Å². The van der Waals surface area contributed by atoms with E-state index in [2.05, 4.69) is 49.8 Å². The average molecular weight is 349 g/mol. The molecule has 0 aliphatic carbocycles. The summed E-state index contributed by atoms with van der Waals surface area (Å²) in [6.45, 7) is 11.7. The molecular weight excluding hydrogens is 322 g/mol. The van der Waals surface area contributed by atoms with Crippen LogP contribution in [0.5, 0.6) is 0 Å². The van der Waals surface area contributed by atoms with Crippen molar-refractivity contribution in [2.45, 2.75) is 41.2 Å². The summed E-state index contributed by atoms with van der Waals surface area (Å²) < 4.78 is 0. The molecule has 1 aromatic carbocycles. The van der Waals surface area contributed by atoms with Gasteiger partial charge in [-0.15, -0.1) is 0 Å². The fourth-order valence-corrected chi connectivity index (χ4v) is 3.50. The van der Waals surface area contributed by atoms with Crippen LogP contribution in [0, 0.1) is 26.7 Å². The Morgan fingerprint density at radius 2 is 1.96 bits per heavy atom. The highest BCUT2D eigenvalue weighted by Gasteiger charge is 2.23. The van der Waals surface area contributed by atoms with Crippen molar-refractivity contribution in [3.63, 3.8) is 0 Å². The van der Waals surface area contributed by atoms with Crippen LogP contribution in [0.15, 0.2) is 36.5 Å². The second-order valence-electron chi connectivity index (χ2n) is 7.53. The van der Waals surface area contributed by atoms with Crippen LogP contribution in [-0.4, -0.2) is 27.3 Å². The van der Waals surface area contributed by atoms with Gasteiger partial charge < -0.3 is 9.88 Å². The number of amides is 1. The third-order valence-electron chi connectivity index (χ3n) is 4.67. The number of carbonyl (C=O) groups is 1. The van der Waals surface area contributed by atoms with Gasteiger partial charge >= 0.3 is 0 Å². The molecule has 0 aliphatic rings. The van der Waals surface area contributed by atoms with E-state index in [9.17, 15) is 4.79 Å². The van der Waals surface area contributed by atoms with Crippen LogP contribution in [0.4, 0.5) is 0 Å². The number of nitrogens with zero attached hydrogens (tertiary/aromatic N) is 2. The van der Waals surface area contributed by atoms with E-state index >= 15 is 0 Å². The number of carbonyl (C=O) groups excluding carboxylic acids is 1. The van der Waals surface area contributed by atoms with Gasteiger partial charge in [-0.3, -0.25) is 9.78 Å². The molecule has 1 amide bonds. The highest BCUT2D eigenvalue weighted by molar-refractivity contribution is 6.01. The maximum atomic E-state index is 13.3. The summed E-state index contributed by atoms with van der Waals surface area (Å²) in [4.78, 5) is 23.0. The van der Waals surface area contributed by atoms with Crippen LogP contribution in [0.2, 0.25) is 0 Å². The molecule has 1 N–H and O–H groups in total. The zero-order valence-corrected chi connectivity index (χ0v) is 16.3. The van der Waals surface area contributed by atoms with E-state index < -0.39 is 0 Å². The van der Waals surface area contributed by atoms with Crippen LogP contribution in [0.3, 0.4) is 0 Å². The molecule has 0 unspecified atom stereocenters. The first-order chi connectivity index (χ1) is 12.4. The molecule has 0 fully saturated rings. The Balaban J connectivity index is 1.99. The summed E-state index contributed by atoms with van der Waals surface area (Å²) >= 11 is 0. The topological polar surface area (TPSA) is 49.0 Å². The third-order valence-corrected chi connectivity index (χ3v) is 4.67. The van der Waals surface area contributed by atoms with Crippen molar-refractivity contribution in [1.29, 1.82) is 0 Å². The number of fused-ring (bicyclic) bond motifs is 1. The molecule has 0 aliphatic heterocycles. The second kappa shape index (κ2) is 7.32. The van der Waals surface area contributed by atoms with Crippen LogP contribution in [-0.2, 0) is 6.54 Å². The fraction of sp³-hybridized carbons (Fsp3) is 0.364. The van der Waals surface area contributed by atoms with E-state index in [1.54, 1.807) is 6.20 Å². The minimum atomic E-state index is 0.0371. The molecule has 0 bridgehead atoms. The number of H-pyrrole nitrogens is 1. The smallest absolute Gasteiger partial charge is 0.270 e. The number of rotatable bonds is 5. The Bertz CT molecular complexity index is 925. The van der Waals surface area contributed by atoms with Crippen LogP contribution >= 0.6 is 0 Å². The van der Waals surface area contributed by atoms with Gasteiger partial charge in [-0.1, -0.05) is 31.5 Å². The Labute approximate surface area is 155 Å². The van der Waals surface area contributed by atoms with E-state index in [0.717, 1.165) is 22.2 Å². The molecule has 0 saturated heterocycles. The van der Waals surface area contributed by atoms with Crippen molar-refractivity contribution in [1.82, 2.24) is 14.9 Å². The lowest BCUT2D eigenvalue weighted by atomic mass is 10.1.